The molecule has 1 aliphatic heterocycles. The second-order valence-corrected chi connectivity index (χ2v) is 11.3. The zero-order chi connectivity index (χ0) is 28.9. The van der Waals surface area contributed by atoms with Crippen LogP contribution in [0, 0.1) is 5.82 Å². The Labute approximate surface area is 248 Å². The largest absolute Gasteiger partial charge is 0.508 e. The molecule has 1 aliphatic rings. The molecule has 0 radical (unpaired) electrons. The summed E-state index contributed by atoms with van der Waals surface area (Å²) < 4.78 is 20.0. The van der Waals surface area contributed by atoms with Gasteiger partial charge >= 0.3 is 0 Å². The molecule has 1 aromatic heterocycles. The molecule has 4 aromatic carbocycles. The molecular formula is C35H29FN2O3S. The molecule has 6 rings (SSSR count). The summed E-state index contributed by atoms with van der Waals surface area (Å²) >= 11 is 1.54. The highest BCUT2D eigenvalue weighted by atomic mass is 32.2. The van der Waals surface area contributed by atoms with Gasteiger partial charge in [-0.05, 0) is 70.3 Å². The molecule has 1 fully saturated rings. The molecule has 1 amide bonds. The number of ether oxygens (including phenoxy) is 1. The maximum Gasteiger partial charge on any atom is 0.243 e. The predicted octanol–water partition coefficient (Wildman–Crippen LogP) is 7.74. The van der Waals surface area contributed by atoms with Gasteiger partial charge in [0, 0.05) is 23.8 Å². The number of hydrogen-bond acceptors (Lipinski definition) is 5. The Balaban J connectivity index is 1.23. The van der Waals surface area contributed by atoms with Crippen molar-refractivity contribution in [3.63, 3.8) is 0 Å². The average molecular weight is 577 g/mol. The molecule has 0 bridgehead atoms. The van der Waals surface area contributed by atoms with Gasteiger partial charge in [-0.25, -0.2) is 4.39 Å². The Kier molecular flexibility index (Phi) is 8.30. The summed E-state index contributed by atoms with van der Waals surface area (Å²) in [7, 11) is 0. The maximum atomic E-state index is 13.7. The van der Waals surface area contributed by atoms with E-state index in [1.807, 2.05) is 90.0 Å². The molecule has 7 heteroatoms. The van der Waals surface area contributed by atoms with Gasteiger partial charge in [0.2, 0.25) is 5.91 Å². The highest BCUT2D eigenvalue weighted by Gasteiger charge is 2.49. The number of halogens is 1. The Morgan fingerprint density at radius 2 is 1.60 bits per heavy atom. The molecule has 42 heavy (non-hydrogen) atoms. The van der Waals surface area contributed by atoms with Crippen LogP contribution in [-0.2, 0) is 16.1 Å². The van der Waals surface area contributed by atoms with Crippen molar-refractivity contribution < 1.29 is 19.0 Å². The quantitative estimate of drug-likeness (QED) is 0.172. The van der Waals surface area contributed by atoms with E-state index in [2.05, 4.69) is 4.98 Å². The molecular weight excluding hydrogens is 547 g/mol. The molecule has 0 saturated carbocycles. The van der Waals surface area contributed by atoms with Gasteiger partial charge in [-0.1, -0.05) is 72.8 Å². The molecule has 0 aliphatic carbocycles. The van der Waals surface area contributed by atoms with E-state index in [0.29, 0.717) is 12.4 Å². The van der Waals surface area contributed by atoms with Gasteiger partial charge in [0.05, 0.1) is 18.8 Å². The van der Waals surface area contributed by atoms with Gasteiger partial charge in [-0.15, -0.1) is 11.8 Å². The van der Waals surface area contributed by atoms with Crippen LogP contribution in [0.15, 0.2) is 128 Å². The second-order valence-electron chi connectivity index (χ2n) is 10.1. The summed E-state index contributed by atoms with van der Waals surface area (Å²) in [4.78, 5) is 19.7. The van der Waals surface area contributed by atoms with E-state index in [1.54, 1.807) is 30.5 Å². The number of aromatic hydroxyl groups is 1. The Morgan fingerprint density at radius 1 is 0.857 bits per heavy atom. The molecule has 1 N–H and O–H groups in total. The van der Waals surface area contributed by atoms with Crippen LogP contribution >= 0.6 is 11.8 Å². The fourth-order valence-electron chi connectivity index (χ4n) is 5.14. The normalized spacial score (nSPS) is 17.1. The van der Waals surface area contributed by atoms with Crippen LogP contribution < -0.4 is 4.90 Å². The first-order chi connectivity index (χ1) is 20.6. The first-order valence-corrected chi connectivity index (χ1v) is 14.8. The van der Waals surface area contributed by atoms with Gasteiger partial charge in [0.1, 0.15) is 16.8 Å². The standard InChI is InChI=1S/C35H29FN2O3S/c36-29-14-8-26(9-15-29)32(41-22-24-5-2-1-3-6-24)23-42-34-33(27-12-18-31(39)19-13-27)38(35(34)40)30-16-10-25(11-17-30)28-7-4-20-37-21-28/h1-21,32-34,39H,22-23H2/t32-,33-,34-/m1/s1. The van der Waals surface area contributed by atoms with E-state index in [0.717, 1.165) is 33.5 Å². The van der Waals surface area contributed by atoms with Crippen LogP contribution in [0.5, 0.6) is 5.75 Å². The molecule has 0 spiro atoms. The minimum atomic E-state index is -0.351. The van der Waals surface area contributed by atoms with E-state index in [1.165, 1.54) is 23.9 Å². The van der Waals surface area contributed by atoms with Crippen LogP contribution in [0.4, 0.5) is 10.1 Å². The van der Waals surface area contributed by atoms with Crippen molar-refractivity contribution in [1.82, 2.24) is 4.98 Å². The topological polar surface area (TPSA) is 62.7 Å². The van der Waals surface area contributed by atoms with Crippen molar-refractivity contribution in [3.05, 3.63) is 150 Å². The number of rotatable bonds is 10. The van der Waals surface area contributed by atoms with Gasteiger partial charge in [0.25, 0.3) is 0 Å². The lowest BCUT2D eigenvalue weighted by Crippen LogP contribution is -2.57. The lowest BCUT2D eigenvalue weighted by Gasteiger charge is -2.47. The third-order valence-electron chi connectivity index (χ3n) is 7.38. The van der Waals surface area contributed by atoms with Crippen LogP contribution in [0.25, 0.3) is 11.1 Å². The third-order valence-corrected chi connectivity index (χ3v) is 8.70. The Morgan fingerprint density at radius 3 is 2.29 bits per heavy atom. The number of hydrogen-bond donors (Lipinski definition) is 1. The molecule has 3 atom stereocenters. The highest BCUT2D eigenvalue weighted by molar-refractivity contribution is 8.00. The first kappa shape index (κ1) is 27.7. The van der Waals surface area contributed by atoms with Crippen molar-refractivity contribution in [2.24, 2.45) is 0 Å². The fraction of sp³-hybridized carbons (Fsp3) is 0.143. The van der Waals surface area contributed by atoms with E-state index in [4.69, 9.17) is 4.74 Å². The Bertz CT molecular complexity index is 1620. The van der Waals surface area contributed by atoms with Crippen LogP contribution in [0.2, 0.25) is 0 Å². The summed E-state index contributed by atoms with van der Waals surface area (Å²) in [6.45, 7) is 0.402. The number of carbonyl (C=O) groups is 1. The van der Waals surface area contributed by atoms with Crippen molar-refractivity contribution >= 4 is 23.4 Å². The van der Waals surface area contributed by atoms with E-state index in [9.17, 15) is 14.3 Å². The number of β-lactam (4-membered cyclic amide) rings is 1. The molecule has 5 aromatic rings. The van der Waals surface area contributed by atoms with Crippen LogP contribution in [0.1, 0.15) is 28.8 Å². The van der Waals surface area contributed by atoms with Gasteiger partial charge in [-0.2, -0.15) is 0 Å². The van der Waals surface area contributed by atoms with Crippen LogP contribution in [-0.4, -0.2) is 27.0 Å². The smallest absolute Gasteiger partial charge is 0.243 e. The summed E-state index contributed by atoms with van der Waals surface area (Å²) in [5, 5.41) is 9.56. The third kappa shape index (κ3) is 6.08. The number of anilines is 1. The number of amides is 1. The summed E-state index contributed by atoms with van der Waals surface area (Å²) in [5.74, 6) is 0.386. The predicted molar refractivity (Wildman–Crippen MR) is 165 cm³/mol. The van der Waals surface area contributed by atoms with Gasteiger partial charge in [0.15, 0.2) is 0 Å². The van der Waals surface area contributed by atoms with Crippen molar-refractivity contribution in [1.29, 1.82) is 0 Å². The number of phenolic OH excluding ortho intramolecular Hbond substituents is 1. The number of nitrogens with zero attached hydrogens (tertiary/aromatic N) is 2. The number of pyridine rings is 1. The SMILES string of the molecule is O=C1[C@H](SC[C@@H](OCc2ccccc2)c2ccc(F)cc2)[C@@H](c2ccc(O)cc2)N1c1ccc(-c2cccnc2)cc1. The van der Waals surface area contributed by atoms with Crippen molar-refractivity contribution in [3.8, 4) is 16.9 Å². The minimum absolute atomic E-state index is 0.00752. The zero-order valence-corrected chi connectivity index (χ0v) is 23.5. The molecule has 210 valence electrons. The number of thioether (sulfide) groups is 1. The second kappa shape index (κ2) is 12.6. The monoisotopic (exact) mass is 576 g/mol. The van der Waals surface area contributed by atoms with E-state index >= 15 is 0 Å². The lowest BCUT2D eigenvalue weighted by atomic mass is 9.92. The molecule has 5 nitrogen and oxygen atoms in total. The van der Waals surface area contributed by atoms with Crippen molar-refractivity contribution in [2.45, 2.75) is 24.0 Å². The lowest BCUT2D eigenvalue weighted by molar-refractivity contribution is -0.123. The number of carbonyl (C=O) groups excluding carboxylic acids is 1. The average Bonchev–Trinajstić information content (AvgIpc) is 3.03. The summed E-state index contributed by atoms with van der Waals surface area (Å²) in [6, 6.07) is 34.8. The summed E-state index contributed by atoms with van der Waals surface area (Å²) in [6.07, 6.45) is 3.22. The zero-order valence-electron chi connectivity index (χ0n) is 22.7. The van der Waals surface area contributed by atoms with Gasteiger partial charge < -0.3 is 14.7 Å². The Hall–Kier alpha value is -4.46. The molecule has 0 unspecified atom stereocenters. The minimum Gasteiger partial charge on any atom is -0.508 e. The van der Waals surface area contributed by atoms with E-state index in [-0.39, 0.29) is 34.9 Å². The molecule has 1 saturated heterocycles. The number of benzene rings is 4. The number of phenols is 1. The van der Waals surface area contributed by atoms with Crippen LogP contribution in [0.3, 0.4) is 0 Å². The summed E-state index contributed by atoms with van der Waals surface area (Å²) in [5.41, 5.74) is 5.66. The highest BCUT2D eigenvalue weighted by Crippen LogP contribution is 2.46. The van der Waals surface area contributed by atoms with Gasteiger partial charge in [-0.3, -0.25) is 9.78 Å². The number of aromatic nitrogens is 1. The maximum absolute atomic E-state index is 13.7. The van der Waals surface area contributed by atoms with E-state index < -0.39 is 0 Å². The molecule has 2 heterocycles. The van der Waals surface area contributed by atoms with Crippen molar-refractivity contribution in [2.75, 3.05) is 10.7 Å². The first-order valence-electron chi connectivity index (χ1n) is 13.7. The fourth-order valence-corrected chi connectivity index (χ4v) is 6.52.